The van der Waals surface area contributed by atoms with E-state index >= 15 is 0 Å². The van der Waals surface area contributed by atoms with Gasteiger partial charge in [0.05, 0.1) is 6.61 Å². The SMILES string of the molecule is CN=C(NCCc1cccc(Cl)c1)NCc1ccc(F)c(COC)c1.I. The average Bonchev–Trinajstić information content (AvgIpc) is 2.60. The first-order valence-electron chi connectivity index (χ1n) is 8.07. The molecule has 0 aliphatic carbocycles. The maximum Gasteiger partial charge on any atom is 0.191 e. The zero-order chi connectivity index (χ0) is 18.1. The largest absolute Gasteiger partial charge is 0.380 e. The highest BCUT2D eigenvalue weighted by molar-refractivity contribution is 14.0. The molecule has 2 aromatic carbocycles. The first-order valence-corrected chi connectivity index (χ1v) is 8.45. The highest BCUT2D eigenvalue weighted by Crippen LogP contribution is 2.12. The van der Waals surface area contributed by atoms with Gasteiger partial charge in [-0.25, -0.2) is 4.39 Å². The molecule has 0 unspecified atom stereocenters. The van der Waals surface area contributed by atoms with Crippen molar-refractivity contribution in [3.05, 3.63) is 70.0 Å². The van der Waals surface area contributed by atoms with Crippen molar-refractivity contribution in [3.8, 4) is 0 Å². The predicted octanol–water partition coefficient (Wildman–Crippen LogP) is 4.15. The Kier molecular flexibility index (Phi) is 10.5. The second kappa shape index (κ2) is 12.1. The summed E-state index contributed by atoms with van der Waals surface area (Å²) in [4.78, 5) is 4.20. The van der Waals surface area contributed by atoms with Crippen molar-refractivity contribution in [1.82, 2.24) is 10.6 Å². The molecule has 4 nitrogen and oxygen atoms in total. The molecular formula is C19H24ClFIN3O. The normalized spacial score (nSPS) is 11.0. The quantitative estimate of drug-likeness (QED) is 0.347. The Morgan fingerprint density at radius 3 is 2.65 bits per heavy atom. The fraction of sp³-hybridized carbons (Fsp3) is 0.316. The van der Waals surface area contributed by atoms with Crippen molar-refractivity contribution in [2.75, 3.05) is 20.7 Å². The predicted molar refractivity (Wildman–Crippen MR) is 116 cm³/mol. The summed E-state index contributed by atoms with van der Waals surface area (Å²) in [6.45, 7) is 1.54. The summed E-state index contributed by atoms with van der Waals surface area (Å²) in [5.74, 6) is 0.439. The number of aliphatic imine (C=N–C) groups is 1. The molecule has 2 N–H and O–H groups in total. The molecule has 0 aliphatic heterocycles. The molecule has 0 heterocycles. The number of rotatable bonds is 7. The number of nitrogens with zero attached hydrogens (tertiary/aromatic N) is 1. The van der Waals surface area contributed by atoms with Gasteiger partial charge in [0.25, 0.3) is 0 Å². The van der Waals surface area contributed by atoms with Gasteiger partial charge in [-0.05, 0) is 41.8 Å². The van der Waals surface area contributed by atoms with Crippen LogP contribution in [0.25, 0.3) is 0 Å². The summed E-state index contributed by atoms with van der Waals surface area (Å²) >= 11 is 5.99. The topological polar surface area (TPSA) is 45.7 Å². The number of halogens is 3. The Morgan fingerprint density at radius 2 is 1.96 bits per heavy atom. The van der Waals surface area contributed by atoms with Gasteiger partial charge in [-0.15, -0.1) is 24.0 Å². The Morgan fingerprint density at radius 1 is 1.15 bits per heavy atom. The van der Waals surface area contributed by atoms with Crippen molar-refractivity contribution in [2.24, 2.45) is 4.99 Å². The Hall–Kier alpha value is -1.38. The second-order valence-electron chi connectivity index (χ2n) is 5.59. The first-order chi connectivity index (χ1) is 12.1. The molecular weight excluding hydrogens is 468 g/mol. The Labute approximate surface area is 176 Å². The third-order valence-corrected chi connectivity index (χ3v) is 3.92. The van der Waals surface area contributed by atoms with Gasteiger partial charge in [0, 0.05) is 37.8 Å². The van der Waals surface area contributed by atoms with Crippen molar-refractivity contribution in [3.63, 3.8) is 0 Å². The zero-order valence-electron chi connectivity index (χ0n) is 14.9. The number of guanidine groups is 1. The molecule has 0 bridgehead atoms. The lowest BCUT2D eigenvalue weighted by Crippen LogP contribution is -2.37. The number of hydrogen-bond donors (Lipinski definition) is 2. The summed E-state index contributed by atoms with van der Waals surface area (Å²) in [5.41, 5.74) is 2.68. The van der Waals surface area contributed by atoms with Gasteiger partial charge < -0.3 is 15.4 Å². The molecule has 7 heteroatoms. The van der Waals surface area contributed by atoms with Gasteiger partial charge in [-0.1, -0.05) is 29.8 Å². The smallest absolute Gasteiger partial charge is 0.191 e. The van der Waals surface area contributed by atoms with Crippen LogP contribution in [0.15, 0.2) is 47.5 Å². The van der Waals surface area contributed by atoms with Crippen LogP contribution in [0.5, 0.6) is 0 Å². The monoisotopic (exact) mass is 491 g/mol. The van der Waals surface area contributed by atoms with Crippen LogP contribution >= 0.6 is 35.6 Å². The molecule has 142 valence electrons. The number of hydrogen-bond acceptors (Lipinski definition) is 2. The molecule has 0 spiro atoms. The third-order valence-electron chi connectivity index (χ3n) is 3.69. The van der Waals surface area contributed by atoms with Crippen LogP contribution in [-0.2, 0) is 24.3 Å². The lowest BCUT2D eigenvalue weighted by molar-refractivity contribution is 0.181. The molecule has 2 aromatic rings. The lowest BCUT2D eigenvalue weighted by atomic mass is 10.1. The van der Waals surface area contributed by atoms with Crippen LogP contribution in [0, 0.1) is 5.82 Å². The van der Waals surface area contributed by atoms with Crippen molar-refractivity contribution in [2.45, 2.75) is 19.6 Å². The van der Waals surface area contributed by atoms with Crippen LogP contribution in [0.4, 0.5) is 4.39 Å². The molecule has 0 amide bonds. The molecule has 0 saturated heterocycles. The van der Waals surface area contributed by atoms with Crippen LogP contribution in [0.3, 0.4) is 0 Å². The number of nitrogens with one attached hydrogen (secondary N) is 2. The highest BCUT2D eigenvalue weighted by atomic mass is 127. The minimum absolute atomic E-state index is 0. The van der Waals surface area contributed by atoms with E-state index in [0.29, 0.717) is 18.1 Å². The summed E-state index contributed by atoms with van der Waals surface area (Å²) in [5, 5.41) is 7.22. The molecule has 0 saturated carbocycles. The minimum Gasteiger partial charge on any atom is -0.380 e. The molecule has 0 atom stereocenters. The van der Waals surface area contributed by atoms with E-state index in [4.69, 9.17) is 16.3 Å². The van der Waals surface area contributed by atoms with Crippen LogP contribution < -0.4 is 10.6 Å². The minimum atomic E-state index is -0.255. The standard InChI is InChI=1S/C19H23ClFN3O.HI/c1-22-19(23-9-8-14-4-3-5-17(20)11-14)24-12-15-6-7-18(21)16(10-15)13-25-2;/h3-7,10-11H,8-9,12-13H2,1-2H3,(H2,22,23,24);1H. The fourth-order valence-electron chi connectivity index (χ4n) is 2.43. The number of ether oxygens (including phenoxy) is 1. The molecule has 0 radical (unpaired) electrons. The van der Waals surface area contributed by atoms with Crippen molar-refractivity contribution in [1.29, 1.82) is 0 Å². The van der Waals surface area contributed by atoms with Gasteiger partial charge in [-0.3, -0.25) is 4.99 Å². The maximum absolute atomic E-state index is 13.6. The summed E-state index contributed by atoms with van der Waals surface area (Å²) in [7, 11) is 3.27. The van der Waals surface area contributed by atoms with Crippen molar-refractivity contribution < 1.29 is 9.13 Å². The van der Waals surface area contributed by atoms with Gasteiger partial charge >= 0.3 is 0 Å². The lowest BCUT2D eigenvalue weighted by Gasteiger charge is -2.13. The van der Waals surface area contributed by atoms with E-state index in [1.165, 1.54) is 6.07 Å². The van der Waals surface area contributed by atoms with E-state index in [2.05, 4.69) is 15.6 Å². The zero-order valence-corrected chi connectivity index (χ0v) is 18.0. The van der Waals surface area contributed by atoms with Gasteiger partial charge in [0.15, 0.2) is 5.96 Å². The fourth-order valence-corrected chi connectivity index (χ4v) is 2.64. The Balaban J connectivity index is 0.00000338. The number of methoxy groups -OCH3 is 1. The summed E-state index contributed by atoms with van der Waals surface area (Å²) in [6.07, 6.45) is 0.843. The number of benzene rings is 2. The van der Waals surface area contributed by atoms with Crippen molar-refractivity contribution >= 4 is 41.5 Å². The van der Waals surface area contributed by atoms with E-state index in [9.17, 15) is 4.39 Å². The summed E-state index contributed by atoms with van der Waals surface area (Å²) < 4.78 is 18.6. The molecule has 2 rings (SSSR count). The summed E-state index contributed by atoms with van der Waals surface area (Å²) in [6, 6.07) is 12.8. The van der Waals surface area contributed by atoms with E-state index < -0.39 is 0 Å². The van der Waals surface area contributed by atoms with E-state index in [0.717, 1.165) is 29.1 Å². The molecule has 26 heavy (non-hydrogen) atoms. The highest BCUT2D eigenvalue weighted by Gasteiger charge is 2.04. The second-order valence-corrected chi connectivity index (χ2v) is 6.03. The first kappa shape index (κ1) is 22.7. The Bertz CT molecular complexity index is 728. The van der Waals surface area contributed by atoms with Crippen LogP contribution in [0.1, 0.15) is 16.7 Å². The average molecular weight is 492 g/mol. The van der Waals surface area contributed by atoms with Gasteiger partial charge in [-0.2, -0.15) is 0 Å². The van der Waals surface area contributed by atoms with E-state index in [1.54, 1.807) is 26.3 Å². The van der Waals surface area contributed by atoms with Crippen LogP contribution in [-0.4, -0.2) is 26.7 Å². The van der Waals surface area contributed by atoms with E-state index in [1.807, 2.05) is 24.3 Å². The molecule has 0 fully saturated rings. The van der Waals surface area contributed by atoms with Gasteiger partial charge in [0.2, 0.25) is 0 Å². The van der Waals surface area contributed by atoms with Crippen LogP contribution in [0.2, 0.25) is 5.02 Å². The van der Waals surface area contributed by atoms with E-state index in [-0.39, 0.29) is 36.4 Å². The third kappa shape index (κ3) is 7.47. The molecule has 0 aromatic heterocycles. The maximum atomic E-state index is 13.6. The van der Waals surface area contributed by atoms with Gasteiger partial charge in [0.1, 0.15) is 5.82 Å². The molecule has 0 aliphatic rings.